The highest BCUT2D eigenvalue weighted by atomic mass is 16.3. The molecule has 0 unspecified atom stereocenters. The van der Waals surface area contributed by atoms with Crippen LogP contribution in [0.3, 0.4) is 0 Å². The zero-order valence-electron chi connectivity index (χ0n) is 19.5. The maximum absolute atomic E-state index is 10.7. The highest BCUT2D eigenvalue weighted by Crippen LogP contribution is 2.67. The first-order valence-corrected chi connectivity index (χ1v) is 12.4. The molecule has 9 atom stereocenters. The maximum Gasteiger partial charge on any atom is 0.101 e. The average Bonchev–Trinajstić information content (AvgIpc) is 3.02. The van der Waals surface area contributed by atoms with E-state index in [9.17, 15) is 10.2 Å². The van der Waals surface area contributed by atoms with Gasteiger partial charge in [0.05, 0.1) is 6.10 Å². The molecule has 164 valence electrons. The summed E-state index contributed by atoms with van der Waals surface area (Å²) in [5.74, 6) is 4.00. The number of aliphatic hydroxyl groups is 2. The molecule has 4 aliphatic rings. The average molecular weight is 401 g/mol. The Labute approximate surface area is 178 Å². The zero-order chi connectivity index (χ0) is 21.0. The minimum Gasteiger partial charge on any atom is -0.390 e. The summed E-state index contributed by atoms with van der Waals surface area (Å²) >= 11 is 0. The van der Waals surface area contributed by atoms with Crippen LogP contribution in [0.25, 0.3) is 0 Å². The van der Waals surface area contributed by atoms with E-state index in [2.05, 4.69) is 46.8 Å². The van der Waals surface area contributed by atoms with Gasteiger partial charge in [0.1, 0.15) is 6.10 Å². The molecule has 2 heteroatoms. The summed E-state index contributed by atoms with van der Waals surface area (Å²) in [5.41, 5.74) is 3.23. The van der Waals surface area contributed by atoms with Crippen molar-refractivity contribution < 1.29 is 10.2 Å². The number of hydrogen-bond donors (Lipinski definition) is 2. The first-order chi connectivity index (χ1) is 13.7. The predicted molar refractivity (Wildman–Crippen MR) is 120 cm³/mol. The van der Waals surface area contributed by atoms with Gasteiger partial charge in [0.25, 0.3) is 0 Å². The molecule has 0 spiro atoms. The van der Waals surface area contributed by atoms with Crippen molar-refractivity contribution in [1.82, 2.24) is 0 Å². The van der Waals surface area contributed by atoms with Crippen molar-refractivity contribution in [2.45, 2.75) is 105 Å². The van der Waals surface area contributed by atoms with Crippen LogP contribution in [-0.2, 0) is 0 Å². The minimum absolute atomic E-state index is 0.107. The molecule has 0 bridgehead atoms. The zero-order valence-corrected chi connectivity index (χ0v) is 19.5. The first-order valence-electron chi connectivity index (χ1n) is 12.4. The van der Waals surface area contributed by atoms with Crippen LogP contribution in [0, 0.1) is 40.4 Å². The molecule has 29 heavy (non-hydrogen) atoms. The van der Waals surface area contributed by atoms with Crippen LogP contribution < -0.4 is 0 Å². The van der Waals surface area contributed by atoms with E-state index in [1.54, 1.807) is 0 Å². The summed E-state index contributed by atoms with van der Waals surface area (Å²) in [4.78, 5) is 0. The summed E-state index contributed by atoms with van der Waals surface area (Å²) in [6.07, 6.45) is 14.6. The quantitative estimate of drug-likeness (QED) is 0.545. The van der Waals surface area contributed by atoms with Crippen LogP contribution in [0.2, 0.25) is 0 Å². The highest BCUT2D eigenvalue weighted by molar-refractivity contribution is 5.29. The van der Waals surface area contributed by atoms with Gasteiger partial charge in [0.15, 0.2) is 0 Å². The third kappa shape index (κ3) is 3.47. The van der Waals surface area contributed by atoms with Gasteiger partial charge in [0, 0.05) is 0 Å². The van der Waals surface area contributed by atoms with Crippen molar-refractivity contribution in [1.29, 1.82) is 0 Å². The lowest BCUT2D eigenvalue weighted by molar-refractivity contribution is -0.0800. The molecule has 4 aliphatic carbocycles. The summed E-state index contributed by atoms with van der Waals surface area (Å²) in [7, 11) is 0. The molecule has 0 radical (unpaired) electrons. The number of aliphatic hydroxyl groups excluding tert-OH is 2. The van der Waals surface area contributed by atoms with Gasteiger partial charge < -0.3 is 10.2 Å². The van der Waals surface area contributed by atoms with Gasteiger partial charge in [0.2, 0.25) is 0 Å². The van der Waals surface area contributed by atoms with Gasteiger partial charge in [-0.3, -0.25) is 0 Å². The Morgan fingerprint density at radius 2 is 1.86 bits per heavy atom. The van der Waals surface area contributed by atoms with Crippen LogP contribution in [0.15, 0.2) is 23.3 Å². The molecule has 0 aromatic rings. The third-order valence-corrected chi connectivity index (χ3v) is 10.1. The Bertz CT molecular complexity index is 674. The van der Waals surface area contributed by atoms with Crippen LogP contribution in [-0.4, -0.2) is 22.4 Å². The molecule has 0 aromatic heterocycles. The van der Waals surface area contributed by atoms with Gasteiger partial charge in [-0.05, 0) is 118 Å². The van der Waals surface area contributed by atoms with Gasteiger partial charge >= 0.3 is 0 Å². The lowest BCUT2D eigenvalue weighted by Gasteiger charge is -2.59. The summed E-state index contributed by atoms with van der Waals surface area (Å²) in [6.45, 7) is 12.0. The SMILES string of the molecule is CC(C)=CCC[C@@H](C)[C@H]1CC[C@H]2[C@@H]3CC=C4[C@H](O)[C@@H](O)CC[C@]4(C)[C@H]3CC[C@]12C. The van der Waals surface area contributed by atoms with E-state index < -0.39 is 12.2 Å². The predicted octanol–water partition coefficient (Wildman–Crippen LogP) is 6.28. The van der Waals surface area contributed by atoms with E-state index in [0.29, 0.717) is 11.3 Å². The number of fused-ring (bicyclic) bond motifs is 5. The Balaban J connectivity index is 1.53. The number of allylic oxidation sites excluding steroid dienone is 3. The Hall–Kier alpha value is -0.600. The van der Waals surface area contributed by atoms with E-state index in [1.165, 1.54) is 49.7 Å². The lowest BCUT2D eigenvalue weighted by atomic mass is 9.46. The minimum atomic E-state index is -0.630. The van der Waals surface area contributed by atoms with Gasteiger partial charge in [-0.15, -0.1) is 0 Å². The fraction of sp³-hybridized carbons (Fsp3) is 0.852. The Kier molecular flexibility index (Phi) is 5.84. The van der Waals surface area contributed by atoms with Gasteiger partial charge in [-0.25, -0.2) is 0 Å². The smallest absolute Gasteiger partial charge is 0.101 e. The van der Waals surface area contributed by atoms with E-state index in [0.717, 1.165) is 42.9 Å². The van der Waals surface area contributed by atoms with E-state index >= 15 is 0 Å². The second kappa shape index (κ2) is 7.83. The molecular formula is C27H44O2. The van der Waals surface area contributed by atoms with Crippen LogP contribution >= 0.6 is 0 Å². The van der Waals surface area contributed by atoms with Gasteiger partial charge in [-0.1, -0.05) is 38.5 Å². The second-order valence-electron chi connectivity index (χ2n) is 11.8. The summed E-state index contributed by atoms with van der Waals surface area (Å²) in [6, 6.07) is 0. The molecule has 4 rings (SSSR count). The molecule has 0 amide bonds. The third-order valence-electron chi connectivity index (χ3n) is 10.1. The van der Waals surface area contributed by atoms with Crippen LogP contribution in [0.5, 0.6) is 0 Å². The molecule has 2 nitrogen and oxygen atoms in total. The lowest BCUT2D eigenvalue weighted by Crippen LogP contribution is -2.53. The Morgan fingerprint density at radius 1 is 1.10 bits per heavy atom. The molecule has 3 fully saturated rings. The molecule has 0 aliphatic heterocycles. The van der Waals surface area contributed by atoms with Gasteiger partial charge in [-0.2, -0.15) is 0 Å². The molecule has 3 saturated carbocycles. The van der Waals surface area contributed by atoms with Crippen LogP contribution in [0.1, 0.15) is 92.4 Å². The molecule has 2 N–H and O–H groups in total. The fourth-order valence-electron chi connectivity index (χ4n) is 8.53. The largest absolute Gasteiger partial charge is 0.390 e. The molecule has 0 heterocycles. The van der Waals surface area contributed by atoms with E-state index in [1.807, 2.05) is 0 Å². The Morgan fingerprint density at radius 3 is 2.59 bits per heavy atom. The van der Waals surface area contributed by atoms with Crippen molar-refractivity contribution in [2.75, 3.05) is 0 Å². The number of hydrogen-bond acceptors (Lipinski definition) is 2. The van der Waals surface area contributed by atoms with Crippen molar-refractivity contribution in [3.8, 4) is 0 Å². The summed E-state index contributed by atoms with van der Waals surface area (Å²) in [5, 5.41) is 20.9. The van der Waals surface area contributed by atoms with Crippen molar-refractivity contribution in [3.63, 3.8) is 0 Å². The fourth-order valence-corrected chi connectivity index (χ4v) is 8.53. The van der Waals surface area contributed by atoms with Crippen molar-refractivity contribution in [3.05, 3.63) is 23.3 Å². The van der Waals surface area contributed by atoms with E-state index in [-0.39, 0.29) is 5.41 Å². The normalized spacial score (nSPS) is 47.5. The standard InChI is InChI=1S/C27H44O2/c1-17(2)7-6-8-18(3)20-11-12-21-19-9-10-23-25(29)24(28)14-16-27(23,5)22(19)13-15-26(20,21)4/h7,10,18-22,24-25,28-29H,6,8-9,11-16H2,1-5H3/t18-,19+,20-,21+,22+,24+,25+,26-,27-/m1/s1. The maximum atomic E-state index is 10.7. The van der Waals surface area contributed by atoms with Crippen molar-refractivity contribution >= 4 is 0 Å². The highest BCUT2D eigenvalue weighted by Gasteiger charge is 2.60. The molecular weight excluding hydrogens is 356 g/mol. The number of rotatable bonds is 4. The molecule has 0 aromatic carbocycles. The second-order valence-corrected chi connectivity index (χ2v) is 11.8. The van der Waals surface area contributed by atoms with Crippen molar-refractivity contribution in [2.24, 2.45) is 40.4 Å². The van der Waals surface area contributed by atoms with E-state index in [4.69, 9.17) is 0 Å². The topological polar surface area (TPSA) is 40.5 Å². The van der Waals surface area contributed by atoms with Crippen LogP contribution in [0.4, 0.5) is 0 Å². The monoisotopic (exact) mass is 400 g/mol. The molecule has 0 saturated heterocycles. The first kappa shape index (κ1) is 21.6. The summed E-state index contributed by atoms with van der Waals surface area (Å²) < 4.78 is 0.